The molecule has 1 radical (unpaired) electrons. The third kappa shape index (κ3) is 115000. The van der Waals surface area contributed by atoms with E-state index in [4.69, 9.17) is 70.6 Å². The Kier molecular flexibility index (Phi) is 1550. The summed E-state index contributed by atoms with van der Waals surface area (Å²) in [4.78, 5) is 0. The van der Waals surface area contributed by atoms with Crippen LogP contribution in [0.3, 0.4) is 0 Å². The van der Waals surface area contributed by atoms with Gasteiger partial charge in [0.25, 0.3) is 0 Å². The van der Waals surface area contributed by atoms with Crippen LogP contribution in [0.15, 0.2) is 0 Å². The van der Waals surface area contributed by atoms with Crippen LogP contribution in [0.1, 0.15) is 6.92 Å². The summed E-state index contributed by atoms with van der Waals surface area (Å²) in [6, 6.07) is 0.162. The fourth-order valence-corrected chi connectivity index (χ4v) is 0. The molecule has 0 saturated carbocycles. The molecule has 7 nitrogen and oxygen atoms in total. The Balaban J connectivity index is -0.0000000130. The van der Waals surface area contributed by atoms with Gasteiger partial charge in [-0.1, -0.05) is 0 Å². The third-order valence-corrected chi connectivity index (χ3v) is 0.372. The Morgan fingerprint density at radius 2 is 0.875 bits per heavy atom. The van der Waals surface area contributed by atoms with Gasteiger partial charge in [0.05, 0.1) is 0 Å². The molecule has 0 aliphatic carbocycles. The number of nitrogens with zero attached hydrogens (tertiary/aromatic N) is 5. The van der Waals surface area contributed by atoms with Gasteiger partial charge in [0, 0.05) is 12.6 Å². The standard InChI is InChI=1S/C3H10N2.5CN.Fe/c1-3(5)2-4;5*1-2;/h3H,2,4-5H2,1H3;;;;;;/q;5*-1;+5. The maximum atomic E-state index is 6.25. The van der Waals surface area contributed by atoms with Crippen LogP contribution in [-0.2, 0) is 17.1 Å². The quantitative estimate of drug-likeness (QED) is 0.483. The van der Waals surface area contributed by atoms with Crippen LogP contribution >= 0.6 is 0 Å². The monoisotopic (exact) mass is 260 g/mol. The van der Waals surface area contributed by atoms with Crippen LogP contribution in [0.4, 0.5) is 0 Å². The van der Waals surface area contributed by atoms with Crippen molar-refractivity contribution >= 4 is 0 Å². The topological polar surface area (TPSA) is 171 Å². The minimum Gasteiger partial charge on any atom is -0.512 e. The van der Waals surface area contributed by atoms with Crippen molar-refractivity contribution in [2.24, 2.45) is 11.5 Å². The molecule has 85 valence electrons. The average molecular weight is 260 g/mol. The smallest absolute Gasteiger partial charge is 0.512 e. The number of hydrogen-bond acceptors (Lipinski definition) is 7. The zero-order chi connectivity index (χ0) is 14.3. The number of rotatable bonds is 1. The Labute approximate surface area is 108 Å². The molecule has 1 atom stereocenters. The van der Waals surface area contributed by atoms with Crippen LogP contribution in [0, 0.1) is 59.2 Å². The molecule has 0 aromatic rings. The van der Waals surface area contributed by atoms with Crippen LogP contribution in [0.25, 0.3) is 0 Å². The molecule has 0 heterocycles. The summed E-state index contributed by atoms with van der Waals surface area (Å²) >= 11 is 0. The van der Waals surface area contributed by atoms with E-state index in [9.17, 15) is 0 Å². The summed E-state index contributed by atoms with van der Waals surface area (Å²) < 4.78 is 0. The van der Waals surface area contributed by atoms with Gasteiger partial charge in [-0.2, -0.15) is 0 Å². The molecule has 0 aliphatic rings. The van der Waals surface area contributed by atoms with E-state index in [1.807, 2.05) is 6.92 Å². The fraction of sp³-hybridized carbons (Fsp3) is 0.375. The molecule has 0 rings (SSSR count). The SMILES string of the molecule is CC(N)CN.[C-]#N.[C-]#N.[C-]#N.[C-]#N.[C-]#N.[Fe+5]. The Morgan fingerprint density at radius 1 is 0.812 bits per heavy atom. The summed E-state index contributed by atoms with van der Waals surface area (Å²) in [6.45, 7) is 26.2. The zero-order valence-corrected chi connectivity index (χ0v) is 9.63. The number of hydrogen-bond donors (Lipinski definition) is 2. The minimum absolute atomic E-state index is 0. The molecule has 0 spiro atoms. The van der Waals surface area contributed by atoms with E-state index >= 15 is 0 Å². The van der Waals surface area contributed by atoms with Crippen LogP contribution in [0.2, 0.25) is 0 Å². The van der Waals surface area contributed by atoms with Gasteiger partial charge in [-0.05, 0) is 6.92 Å². The molecule has 0 aromatic heterocycles. The van der Waals surface area contributed by atoms with Gasteiger partial charge in [0.2, 0.25) is 0 Å². The molecule has 4 N–H and O–H groups in total. The van der Waals surface area contributed by atoms with Crippen LogP contribution < -0.4 is 11.5 Å². The first kappa shape index (κ1) is 48.6. The first-order valence-corrected chi connectivity index (χ1v) is 2.85. The Bertz CT molecular complexity index is 121. The van der Waals surface area contributed by atoms with Crippen LogP contribution in [0.5, 0.6) is 0 Å². The zero-order valence-electron chi connectivity index (χ0n) is 8.53. The predicted molar refractivity (Wildman–Crippen MR) is 47.5 cm³/mol. The van der Waals surface area contributed by atoms with Crippen molar-refractivity contribution in [1.29, 1.82) is 26.3 Å². The minimum atomic E-state index is 0. The molecule has 0 aromatic carbocycles. The summed E-state index contributed by atoms with van der Waals surface area (Å²) in [5, 5.41) is 31.2. The Hall–Kier alpha value is -2.11. The second kappa shape index (κ2) is 510. The largest absolute Gasteiger partial charge is 5.00 e. The fourth-order valence-electron chi connectivity index (χ4n) is 0. The normalized spacial score (nSPS) is 5.31. The molecule has 0 aliphatic heterocycles. The van der Waals surface area contributed by atoms with Crippen LogP contribution in [-0.4, -0.2) is 12.6 Å². The molecular formula is C8H10FeN7. The molecule has 1 unspecified atom stereocenters. The van der Waals surface area contributed by atoms with E-state index < -0.39 is 0 Å². The molecule has 0 amide bonds. The molecule has 0 saturated heterocycles. The molecular weight excluding hydrogens is 250 g/mol. The van der Waals surface area contributed by atoms with E-state index in [0.29, 0.717) is 6.54 Å². The van der Waals surface area contributed by atoms with Gasteiger partial charge >= 0.3 is 17.1 Å². The third-order valence-electron chi connectivity index (χ3n) is 0.372. The summed E-state index contributed by atoms with van der Waals surface area (Å²) in [5.41, 5.74) is 10.2. The molecule has 0 bridgehead atoms. The van der Waals surface area contributed by atoms with Gasteiger partial charge in [0.15, 0.2) is 0 Å². The summed E-state index contributed by atoms with van der Waals surface area (Å²) in [5.74, 6) is 0. The van der Waals surface area contributed by atoms with E-state index in [2.05, 4.69) is 0 Å². The first-order valence-electron chi connectivity index (χ1n) is 2.85. The van der Waals surface area contributed by atoms with Gasteiger partial charge in [0.1, 0.15) is 0 Å². The van der Waals surface area contributed by atoms with E-state index in [1.165, 1.54) is 0 Å². The molecule has 16 heavy (non-hydrogen) atoms. The van der Waals surface area contributed by atoms with Crippen molar-refractivity contribution in [3.8, 4) is 0 Å². The second-order valence-electron chi connectivity index (χ2n) is 1.21. The van der Waals surface area contributed by atoms with Crippen molar-refractivity contribution in [2.75, 3.05) is 6.54 Å². The maximum Gasteiger partial charge on any atom is 5.00 e. The van der Waals surface area contributed by atoms with Crippen molar-refractivity contribution in [3.63, 3.8) is 0 Å². The summed E-state index contributed by atoms with van der Waals surface area (Å²) in [7, 11) is 0. The maximum absolute atomic E-state index is 6.25. The van der Waals surface area contributed by atoms with Gasteiger partial charge in [-0.3, -0.25) is 0 Å². The average Bonchev–Trinajstić information content (AvgIpc) is 2.41. The first-order chi connectivity index (χ1) is 7.27. The Morgan fingerprint density at radius 3 is 0.875 bits per heavy atom. The van der Waals surface area contributed by atoms with E-state index in [-0.39, 0.29) is 23.1 Å². The predicted octanol–water partition coefficient (Wildman–Crippen LogP) is -0.228. The van der Waals surface area contributed by atoms with E-state index in [1.54, 1.807) is 0 Å². The van der Waals surface area contributed by atoms with Crippen molar-refractivity contribution < 1.29 is 17.1 Å². The molecule has 8 heteroatoms. The number of nitrogens with two attached hydrogens (primary N) is 2. The van der Waals surface area contributed by atoms with E-state index in [0.717, 1.165) is 0 Å². The van der Waals surface area contributed by atoms with Gasteiger partial charge in [-0.25, -0.2) is 0 Å². The molecule has 0 fully saturated rings. The van der Waals surface area contributed by atoms with Crippen molar-refractivity contribution in [2.45, 2.75) is 13.0 Å². The summed E-state index contributed by atoms with van der Waals surface area (Å²) in [6.07, 6.45) is 0. The van der Waals surface area contributed by atoms with Gasteiger partial charge < -0.3 is 70.6 Å². The van der Waals surface area contributed by atoms with Crippen molar-refractivity contribution in [3.05, 3.63) is 32.9 Å². The van der Waals surface area contributed by atoms with Gasteiger partial charge in [-0.15, -0.1) is 0 Å². The second-order valence-corrected chi connectivity index (χ2v) is 1.21. The van der Waals surface area contributed by atoms with Crippen molar-refractivity contribution in [1.82, 2.24) is 0 Å².